The second-order valence-corrected chi connectivity index (χ2v) is 22.0. The second kappa shape index (κ2) is 38.4. The van der Waals surface area contributed by atoms with Crippen LogP contribution >= 0.6 is 23.4 Å². The lowest BCUT2D eigenvalue weighted by Gasteiger charge is -2.31. The summed E-state index contributed by atoms with van der Waals surface area (Å²) in [6.45, 7) is -5.31. The Bertz CT molecular complexity index is 2940. The number of halogens is 1. The number of hydrogen-bond acceptors (Lipinski definition) is 22. The summed E-state index contributed by atoms with van der Waals surface area (Å²) in [5, 5.41) is 6.16. The molecule has 32 heteroatoms. The van der Waals surface area contributed by atoms with E-state index in [9.17, 15) is 57.5 Å². The molecule has 0 aliphatic carbocycles. The minimum atomic E-state index is -0.872. The summed E-state index contributed by atoms with van der Waals surface area (Å²) in [6.07, 6.45) is 2.79. The molecule has 0 fully saturated rings. The zero-order valence-corrected chi connectivity index (χ0v) is 51.7. The molecule has 1 atom stereocenters. The van der Waals surface area contributed by atoms with Gasteiger partial charge in [-0.25, -0.2) is 0 Å². The first kappa shape index (κ1) is 73.4. The van der Waals surface area contributed by atoms with Crippen molar-refractivity contribution in [3.8, 4) is 11.5 Å². The molecule has 0 bridgehead atoms. The minimum Gasteiger partial charge on any atom is -0.467 e. The average Bonchev–Trinajstić information content (AvgIpc) is 4.23. The number of carbonyl (C=O) groups is 12. The number of rotatable bonds is 42. The van der Waals surface area contributed by atoms with Crippen LogP contribution in [-0.2, 0) is 77.0 Å². The van der Waals surface area contributed by atoms with Gasteiger partial charge in [0.2, 0.25) is 60.0 Å². The Morgan fingerprint density at radius 2 is 1.06 bits per heavy atom. The minimum absolute atomic E-state index is 0.0635. The third-order valence-electron chi connectivity index (χ3n) is 14.1. The van der Waals surface area contributed by atoms with Crippen LogP contribution in [0.25, 0.3) is 0 Å². The van der Waals surface area contributed by atoms with Crippen LogP contribution in [0.4, 0.5) is 0 Å². The predicted octanol–water partition coefficient (Wildman–Crippen LogP) is -2.35. The monoisotopic (exact) mass is 1280 g/mol. The Morgan fingerprint density at radius 1 is 0.573 bits per heavy atom. The van der Waals surface area contributed by atoms with Crippen LogP contribution in [0.1, 0.15) is 67.4 Å². The molecule has 30 nitrogen and oxygen atoms in total. The van der Waals surface area contributed by atoms with Gasteiger partial charge in [0.25, 0.3) is 0 Å². The molecule has 0 saturated carbocycles. The summed E-state index contributed by atoms with van der Waals surface area (Å²) < 4.78 is 16.5. The van der Waals surface area contributed by atoms with Crippen molar-refractivity contribution in [2.45, 2.75) is 77.4 Å². The number of amides is 9. The Labute approximate surface area is 524 Å². The van der Waals surface area contributed by atoms with Crippen molar-refractivity contribution < 1.29 is 71.4 Å². The number of ether oxygens (including phenoxy) is 2. The van der Waals surface area contributed by atoms with Gasteiger partial charge in [0.1, 0.15) is 62.6 Å². The Morgan fingerprint density at radius 3 is 1.56 bits per heavy atom. The van der Waals surface area contributed by atoms with Gasteiger partial charge in [0.05, 0.1) is 59.2 Å². The van der Waals surface area contributed by atoms with Crippen LogP contribution in [0.3, 0.4) is 0 Å². The van der Waals surface area contributed by atoms with Crippen LogP contribution in [-0.4, -0.2) is 222 Å². The largest absolute Gasteiger partial charge is 0.467 e. The fourth-order valence-corrected chi connectivity index (χ4v) is 9.48. The van der Waals surface area contributed by atoms with Gasteiger partial charge in [-0.3, -0.25) is 57.5 Å². The molecule has 4 rings (SSSR count). The highest BCUT2D eigenvalue weighted by atomic mass is 35.5. The lowest BCUT2D eigenvalue weighted by molar-refractivity contribution is -0.149. The van der Waals surface area contributed by atoms with Crippen LogP contribution in [0.2, 0.25) is 5.02 Å². The highest BCUT2D eigenvalue weighted by Gasteiger charge is 2.31. The predicted molar refractivity (Wildman–Crippen MR) is 326 cm³/mol. The molecule has 14 N–H and O–H groups in total. The molecule has 9 amide bonds. The standard InChI is InChI=1S/C57H82ClN15O15S/c1-38-20-41(58)7-6-40(38)15-17-65-22-50(78)70(33-60)29-55(83)71(34-61)28-52(80)68(25-45-4-3-18-86-45)26-51(79)67(23-39-5-13-47-48(21-39)88-37-87-47)27-53(81)72(35-62)31-56(84)73(36-63)30-54(82)69(32-59)24-44(76)11-10-42(74)8-9-43(75)12-14-49(77)66-46(57(64)85)16-19-89-2/h3-7,13,18,20-21,46,65H,8-12,14-17,19,22-37,59-63H2,1-2H3,(H2,64,85)(H,66,77). The first-order chi connectivity index (χ1) is 42.5. The summed E-state index contributed by atoms with van der Waals surface area (Å²) in [6, 6.07) is 12.6. The van der Waals surface area contributed by atoms with Gasteiger partial charge < -0.3 is 93.2 Å². The van der Waals surface area contributed by atoms with Crippen molar-refractivity contribution in [2.24, 2.45) is 34.4 Å². The number of hydrogen-bond donors (Lipinski definition) is 8. The Kier molecular flexibility index (Phi) is 31.7. The first-order valence-corrected chi connectivity index (χ1v) is 30.2. The normalized spacial score (nSPS) is 11.7. The Balaban J connectivity index is 1.37. The van der Waals surface area contributed by atoms with Gasteiger partial charge in [0, 0.05) is 50.1 Å². The molecule has 1 aromatic heterocycles. The number of nitrogens with zero attached hydrogens (tertiary/aromatic N) is 7. The van der Waals surface area contributed by atoms with E-state index < -0.39 is 143 Å². The van der Waals surface area contributed by atoms with Crippen LogP contribution in [0.15, 0.2) is 59.2 Å². The van der Waals surface area contributed by atoms with Gasteiger partial charge in [-0.15, -0.1) is 0 Å². The number of furan rings is 1. The van der Waals surface area contributed by atoms with E-state index in [1.165, 1.54) is 18.0 Å². The Hall–Kier alpha value is -8.04. The highest BCUT2D eigenvalue weighted by molar-refractivity contribution is 7.98. The number of primary amides is 1. The fourth-order valence-electron chi connectivity index (χ4n) is 8.78. The smallest absolute Gasteiger partial charge is 0.243 e. The van der Waals surface area contributed by atoms with E-state index in [0.29, 0.717) is 47.2 Å². The molecule has 89 heavy (non-hydrogen) atoms. The van der Waals surface area contributed by atoms with E-state index >= 15 is 0 Å². The second-order valence-electron chi connectivity index (χ2n) is 20.6. The molecule has 1 aliphatic rings. The van der Waals surface area contributed by atoms with Crippen molar-refractivity contribution in [1.29, 1.82) is 0 Å². The molecule has 3 aromatic rings. The maximum Gasteiger partial charge on any atom is 0.243 e. The average molecular weight is 1280 g/mol. The summed E-state index contributed by atoms with van der Waals surface area (Å²) >= 11 is 7.55. The first-order valence-electron chi connectivity index (χ1n) is 28.5. The number of Topliss-reactive ketones (excluding diaryl/α,β-unsaturated/α-hetero) is 3. The molecular weight excluding hydrogens is 1200 g/mol. The van der Waals surface area contributed by atoms with E-state index in [1.807, 2.05) is 25.3 Å². The van der Waals surface area contributed by atoms with Gasteiger partial charge >= 0.3 is 0 Å². The number of fused-ring (bicyclic) bond motifs is 1. The number of nitrogens with two attached hydrogens (primary N) is 6. The quantitative estimate of drug-likeness (QED) is 0.0218. The van der Waals surface area contributed by atoms with Gasteiger partial charge in [-0.05, 0) is 91.4 Å². The van der Waals surface area contributed by atoms with Crippen molar-refractivity contribution in [3.05, 3.63) is 82.3 Å². The zero-order valence-electron chi connectivity index (χ0n) is 50.2. The third kappa shape index (κ3) is 25.2. The summed E-state index contributed by atoms with van der Waals surface area (Å²) in [5.41, 5.74) is 37.5. The molecule has 0 saturated heterocycles. The third-order valence-corrected chi connectivity index (χ3v) is 14.9. The molecule has 2 aromatic carbocycles. The van der Waals surface area contributed by atoms with Crippen LogP contribution in [0, 0.1) is 6.92 Å². The number of aryl methyl sites for hydroxylation is 1. The van der Waals surface area contributed by atoms with E-state index in [0.717, 1.165) is 45.4 Å². The van der Waals surface area contributed by atoms with E-state index in [-0.39, 0.29) is 83.2 Å². The molecule has 0 spiro atoms. The molecular formula is C57H82ClN15O15S. The SMILES string of the molecule is CSCCC(NC(=O)CCC(=O)CCC(=O)CCC(=O)CN(CN)C(=O)CN(CN)C(=O)CN(CN)C(=O)CN(Cc1ccc2c(c1)OCO2)C(=O)CN(Cc1ccco1)C(=O)CN(CN)C(=O)CN(CN)C(=O)CNCCc1ccc(Cl)cc1C)C(N)=O. The van der Waals surface area contributed by atoms with Crippen LogP contribution in [0.5, 0.6) is 11.5 Å². The van der Waals surface area contributed by atoms with E-state index in [2.05, 4.69) is 10.6 Å². The fraction of sp³-hybridized carbons (Fsp3) is 0.509. The number of carbonyl (C=O) groups excluding carboxylic acids is 12. The lowest BCUT2D eigenvalue weighted by Crippen LogP contribution is -2.53. The molecule has 0 radical (unpaired) electrons. The maximum absolute atomic E-state index is 14.6. The topological polar surface area (TPSA) is 439 Å². The van der Waals surface area contributed by atoms with E-state index in [1.54, 1.807) is 36.4 Å². The highest BCUT2D eigenvalue weighted by Crippen LogP contribution is 2.33. The van der Waals surface area contributed by atoms with Crippen molar-refractivity contribution in [2.75, 3.05) is 111 Å². The molecule has 1 unspecified atom stereocenters. The number of benzene rings is 2. The van der Waals surface area contributed by atoms with Crippen molar-refractivity contribution in [1.82, 2.24) is 44.9 Å². The lowest BCUT2D eigenvalue weighted by atomic mass is 10.0. The zero-order chi connectivity index (χ0) is 65.6. The summed E-state index contributed by atoms with van der Waals surface area (Å²) in [5.74, 6) is -6.25. The van der Waals surface area contributed by atoms with Gasteiger partial charge in [-0.1, -0.05) is 23.7 Å². The van der Waals surface area contributed by atoms with Crippen molar-refractivity contribution in [3.63, 3.8) is 0 Å². The number of thioether (sulfide) groups is 1. The molecule has 488 valence electrons. The van der Waals surface area contributed by atoms with Gasteiger partial charge in [-0.2, -0.15) is 11.8 Å². The summed E-state index contributed by atoms with van der Waals surface area (Å²) in [4.78, 5) is 166. The maximum atomic E-state index is 14.6. The van der Waals surface area contributed by atoms with E-state index in [4.69, 9.17) is 59.9 Å². The molecule has 2 heterocycles. The van der Waals surface area contributed by atoms with Crippen LogP contribution < -0.4 is 54.5 Å². The number of ketones is 3. The van der Waals surface area contributed by atoms with Gasteiger partial charge in [0.15, 0.2) is 17.3 Å². The molecule has 1 aliphatic heterocycles. The number of nitrogens with one attached hydrogen (secondary N) is 2. The van der Waals surface area contributed by atoms with Crippen molar-refractivity contribution >= 4 is 93.9 Å². The summed E-state index contributed by atoms with van der Waals surface area (Å²) in [7, 11) is 0.